The molecule has 2 aliphatic heterocycles. The van der Waals surface area contributed by atoms with Gasteiger partial charge in [0.05, 0.1) is 35.6 Å². The lowest BCUT2D eigenvalue weighted by Gasteiger charge is -2.30. The Morgan fingerprint density at radius 1 is 1.16 bits per heavy atom. The van der Waals surface area contributed by atoms with Crippen molar-refractivity contribution < 1.29 is 14.3 Å². The number of anilines is 1. The molecule has 37 heavy (non-hydrogen) atoms. The molecule has 1 atom stereocenters. The van der Waals surface area contributed by atoms with Gasteiger partial charge in [-0.2, -0.15) is 16.4 Å². The van der Waals surface area contributed by atoms with Crippen LogP contribution in [0.1, 0.15) is 54.0 Å². The third kappa shape index (κ3) is 5.09. The molecule has 3 aromatic rings. The molecule has 0 radical (unpaired) electrons. The van der Waals surface area contributed by atoms with Gasteiger partial charge in [-0.1, -0.05) is 38.5 Å². The zero-order valence-electron chi connectivity index (χ0n) is 22.1. The summed E-state index contributed by atoms with van der Waals surface area (Å²) in [6.07, 6.45) is 0. The van der Waals surface area contributed by atoms with Gasteiger partial charge in [-0.05, 0) is 47.9 Å². The van der Waals surface area contributed by atoms with Crippen molar-refractivity contribution in [1.29, 1.82) is 0 Å². The van der Waals surface area contributed by atoms with E-state index in [2.05, 4.69) is 69.6 Å². The lowest BCUT2D eigenvalue weighted by atomic mass is 9.87. The van der Waals surface area contributed by atoms with Crippen LogP contribution in [0.15, 0.2) is 35.0 Å². The molecule has 7 nitrogen and oxygen atoms in total. The van der Waals surface area contributed by atoms with E-state index >= 15 is 0 Å². The summed E-state index contributed by atoms with van der Waals surface area (Å²) in [6.45, 7) is 12.7. The number of benzene rings is 1. The van der Waals surface area contributed by atoms with Crippen molar-refractivity contribution in [3.63, 3.8) is 0 Å². The van der Waals surface area contributed by atoms with Crippen LogP contribution in [0.5, 0.6) is 0 Å². The largest absolute Gasteiger partial charge is 0.378 e. The number of nitrogens with zero attached hydrogens (tertiary/aromatic N) is 4. The lowest BCUT2D eigenvalue weighted by molar-refractivity contribution is -0.134. The summed E-state index contributed by atoms with van der Waals surface area (Å²) in [6, 6.07) is 8.40. The number of thiophene rings is 1. The smallest absolute Gasteiger partial charge is 0.242 e. The van der Waals surface area contributed by atoms with Gasteiger partial charge in [0.1, 0.15) is 12.4 Å². The monoisotopic (exact) mass is 538 g/mol. The highest BCUT2D eigenvalue weighted by molar-refractivity contribution is 8.00. The van der Waals surface area contributed by atoms with Crippen molar-refractivity contribution >= 4 is 40.7 Å². The summed E-state index contributed by atoms with van der Waals surface area (Å²) in [5.41, 5.74) is 6.03. The van der Waals surface area contributed by atoms with Crippen molar-refractivity contribution in [3.8, 4) is 5.69 Å². The van der Waals surface area contributed by atoms with E-state index < -0.39 is 0 Å². The Morgan fingerprint density at radius 2 is 1.92 bits per heavy atom. The van der Waals surface area contributed by atoms with Crippen LogP contribution in [-0.4, -0.2) is 65.1 Å². The van der Waals surface area contributed by atoms with Crippen molar-refractivity contribution in [2.45, 2.75) is 45.3 Å². The lowest BCUT2D eigenvalue weighted by Crippen LogP contribution is -2.48. The predicted octanol–water partition coefficient (Wildman–Crippen LogP) is 4.88. The van der Waals surface area contributed by atoms with Crippen molar-refractivity contribution in [1.82, 2.24) is 14.7 Å². The van der Waals surface area contributed by atoms with E-state index in [4.69, 9.17) is 9.84 Å². The third-order valence-electron chi connectivity index (χ3n) is 6.88. The van der Waals surface area contributed by atoms with Crippen LogP contribution in [0.3, 0.4) is 0 Å². The fourth-order valence-corrected chi connectivity index (χ4v) is 6.98. The summed E-state index contributed by atoms with van der Waals surface area (Å²) < 4.78 is 7.36. The van der Waals surface area contributed by atoms with E-state index in [-0.39, 0.29) is 29.0 Å². The van der Waals surface area contributed by atoms with Crippen LogP contribution in [0.25, 0.3) is 5.69 Å². The fourth-order valence-electron chi connectivity index (χ4n) is 5.02. The quantitative estimate of drug-likeness (QED) is 0.474. The second-order valence-electron chi connectivity index (χ2n) is 10.8. The molecule has 2 aromatic heterocycles. The summed E-state index contributed by atoms with van der Waals surface area (Å²) >= 11 is 3.28. The highest BCUT2D eigenvalue weighted by atomic mass is 32.2. The summed E-state index contributed by atoms with van der Waals surface area (Å²) in [7, 11) is 0. The number of carbonyl (C=O) groups is 2. The van der Waals surface area contributed by atoms with Crippen LogP contribution >= 0.6 is 23.1 Å². The Kier molecular flexibility index (Phi) is 7.22. The number of thioether (sulfide) groups is 1. The number of hydrogen-bond acceptors (Lipinski definition) is 6. The average Bonchev–Trinajstić information content (AvgIpc) is 3.49. The Bertz CT molecular complexity index is 1300. The van der Waals surface area contributed by atoms with Crippen LogP contribution < -0.4 is 4.90 Å². The van der Waals surface area contributed by atoms with Crippen LogP contribution in [0.4, 0.5) is 5.82 Å². The van der Waals surface area contributed by atoms with E-state index in [0.29, 0.717) is 37.9 Å². The number of aromatic nitrogens is 2. The maximum absolute atomic E-state index is 13.8. The minimum absolute atomic E-state index is 0.0110. The molecule has 9 heteroatoms. The van der Waals surface area contributed by atoms with Crippen molar-refractivity contribution in [2.75, 3.05) is 43.5 Å². The van der Waals surface area contributed by atoms with Gasteiger partial charge in [-0.15, -0.1) is 11.8 Å². The first-order chi connectivity index (χ1) is 17.6. The summed E-state index contributed by atoms with van der Waals surface area (Å²) in [5.74, 6) is 0.871. The van der Waals surface area contributed by atoms with Gasteiger partial charge >= 0.3 is 0 Å². The molecule has 4 heterocycles. The SMILES string of the molecule is Cc1ccc(-n2nc(C(C)(C)C)c3c2N(CC(=O)N2CCOCC2)C(=O)CS[C@H]3c2ccsc2)c(C)c1. The van der Waals surface area contributed by atoms with E-state index in [1.807, 2.05) is 4.68 Å². The molecule has 0 bridgehead atoms. The van der Waals surface area contributed by atoms with Crippen LogP contribution in [-0.2, 0) is 19.7 Å². The van der Waals surface area contributed by atoms with Gasteiger partial charge in [0.15, 0.2) is 0 Å². The van der Waals surface area contributed by atoms with E-state index in [0.717, 1.165) is 33.6 Å². The van der Waals surface area contributed by atoms with Crippen molar-refractivity contribution in [3.05, 3.63) is 63.0 Å². The molecule has 0 saturated carbocycles. The first-order valence-corrected chi connectivity index (χ1v) is 14.6. The molecule has 0 aliphatic carbocycles. The van der Waals surface area contributed by atoms with Gasteiger partial charge in [0.2, 0.25) is 11.8 Å². The molecular formula is C28H34N4O3S2. The number of ether oxygens (including phenoxy) is 1. The molecule has 1 saturated heterocycles. The molecule has 0 N–H and O–H groups in total. The number of aryl methyl sites for hydroxylation is 2. The number of fused-ring (bicyclic) bond motifs is 1. The minimum Gasteiger partial charge on any atom is -0.378 e. The molecule has 2 aliphatic rings. The maximum atomic E-state index is 13.8. The number of carbonyl (C=O) groups excluding carboxylic acids is 2. The normalized spacial score (nSPS) is 18.6. The summed E-state index contributed by atoms with van der Waals surface area (Å²) in [4.78, 5) is 30.7. The fraction of sp³-hybridized carbons (Fsp3) is 0.464. The molecular weight excluding hydrogens is 504 g/mol. The predicted molar refractivity (Wildman–Crippen MR) is 150 cm³/mol. The van der Waals surface area contributed by atoms with Gasteiger partial charge < -0.3 is 9.64 Å². The second-order valence-corrected chi connectivity index (χ2v) is 12.6. The minimum atomic E-state index is -0.268. The summed E-state index contributed by atoms with van der Waals surface area (Å²) in [5, 5.41) is 9.38. The average molecular weight is 539 g/mol. The number of amides is 2. The third-order valence-corrected chi connectivity index (χ3v) is 8.84. The second kappa shape index (κ2) is 10.3. The van der Waals surface area contributed by atoms with Crippen LogP contribution in [0, 0.1) is 13.8 Å². The molecule has 1 aromatic carbocycles. The standard InChI is InChI=1S/C28H34N4O3S2/c1-18-6-7-21(19(2)14-18)32-27-24(26(29-32)28(3,4)5)25(20-8-13-36-16-20)37-17-23(34)31(27)15-22(33)30-9-11-35-12-10-30/h6-8,13-14,16,25H,9-12,15,17H2,1-5H3/t25-/m0/s1. The van der Waals surface area contributed by atoms with Gasteiger partial charge in [0, 0.05) is 24.1 Å². The van der Waals surface area contributed by atoms with Crippen molar-refractivity contribution in [2.24, 2.45) is 0 Å². The topological polar surface area (TPSA) is 67.7 Å². The molecule has 2 amide bonds. The molecule has 0 unspecified atom stereocenters. The molecule has 1 fully saturated rings. The Morgan fingerprint density at radius 3 is 2.57 bits per heavy atom. The molecule has 196 valence electrons. The first-order valence-electron chi connectivity index (χ1n) is 12.7. The van der Waals surface area contributed by atoms with E-state index in [1.54, 1.807) is 32.9 Å². The van der Waals surface area contributed by atoms with E-state index in [1.165, 1.54) is 0 Å². The number of hydrogen-bond donors (Lipinski definition) is 0. The van der Waals surface area contributed by atoms with Crippen LogP contribution in [0.2, 0.25) is 0 Å². The van der Waals surface area contributed by atoms with Gasteiger partial charge in [-0.3, -0.25) is 14.5 Å². The zero-order valence-corrected chi connectivity index (χ0v) is 23.7. The number of morpholine rings is 1. The Labute approximate surface area is 226 Å². The highest BCUT2D eigenvalue weighted by Gasteiger charge is 2.40. The first kappa shape index (κ1) is 26.0. The highest BCUT2D eigenvalue weighted by Crippen LogP contribution is 2.49. The van der Waals surface area contributed by atoms with Gasteiger partial charge in [0.25, 0.3) is 0 Å². The number of rotatable bonds is 4. The van der Waals surface area contributed by atoms with Gasteiger partial charge in [-0.25, -0.2) is 4.68 Å². The Hall–Kier alpha value is -2.62. The maximum Gasteiger partial charge on any atom is 0.242 e. The zero-order chi connectivity index (χ0) is 26.3. The van der Waals surface area contributed by atoms with E-state index in [9.17, 15) is 9.59 Å². The molecule has 0 spiro atoms. The molecule has 5 rings (SSSR count). The Balaban J connectivity index is 1.73.